The van der Waals surface area contributed by atoms with Crippen LogP contribution in [0.3, 0.4) is 0 Å². The number of carbonyl (C=O) groups excluding carboxylic acids is 1. The van der Waals surface area contributed by atoms with Gasteiger partial charge in [0.15, 0.2) is 5.58 Å². The topological polar surface area (TPSA) is 81.5 Å². The van der Waals surface area contributed by atoms with Crippen molar-refractivity contribution in [1.29, 1.82) is 0 Å². The minimum atomic E-state index is -0.363. The first-order valence-electron chi connectivity index (χ1n) is 6.02. The quantitative estimate of drug-likeness (QED) is 0.829. The van der Waals surface area contributed by atoms with Crippen LogP contribution in [0.15, 0.2) is 27.4 Å². The molecule has 0 fully saturated rings. The lowest BCUT2D eigenvalue weighted by Gasteiger charge is -2.14. The first-order valence-corrected chi connectivity index (χ1v) is 6.02. The number of carbonyl (C=O) groups is 1. The van der Waals surface area contributed by atoms with Crippen molar-refractivity contribution >= 4 is 17.0 Å². The average Bonchev–Trinajstić information content (AvgIpc) is 2.62. The van der Waals surface area contributed by atoms with Gasteiger partial charge in [0.2, 0.25) is 5.91 Å². The van der Waals surface area contributed by atoms with Gasteiger partial charge in [-0.2, -0.15) is 0 Å². The fraction of sp³-hybridized carbons (Fsp3) is 0.385. The number of nitrogens with two attached hydrogens (primary N) is 1. The third-order valence-electron chi connectivity index (χ3n) is 3.06. The Hall–Kier alpha value is -2.08. The number of aromatic nitrogens is 1. The van der Waals surface area contributed by atoms with E-state index in [2.05, 4.69) is 0 Å². The first kappa shape index (κ1) is 13.4. The number of oxazole rings is 1. The summed E-state index contributed by atoms with van der Waals surface area (Å²) >= 11 is 0. The van der Waals surface area contributed by atoms with Gasteiger partial charge in [-0.15, -0.1) is 0 Å². The second kappa shape index (κ2) is 5.27. The maximum atomic E-state index is 11.4. The smallest absolute Gasteiger partial charge is 0.408 e. The second-order valence-electron chi connectivity index (χ2n) is 4.68. The van der Waals surface area contributed by atoms with Gasteiger partial charge in [-0.25, -0.2) is 4.79 Å². The molecule has 0 radical (unpaired) electrons. The molecule has 0 aliphatic rings. The number of primary amides is 1. The number of rotatable bonds is 5. The van der Waals surface area contributed by atoms with Crippen molar-refractivity contribution in [2.24, 2.45) is 12.8 Å². The monoisotopic (exact) mass is 263 g/mol. The van der Waals surface area contributed by atoms with Crippen LogP contribution in [0.4, 0.5) is 0 Å². The van der Waals surface area contributed by atoms with E-state index in [1.165, 1.54) is 4.57 Å². The largest absolute Gasteiger partial charge is 0.419 e. The number of likely N-dealkylation sites (N-methyl/N-ethyl adjacent to an activating group) is 1. The molecule has 0 saturated carbocycles. The van der Waals surface area contributed by atoms with E-state index in [4.69, 9.17) is 10.2 Å². The third-order valence-corrected chi connectivity index (χ3v) is 3.06. The number of amides is 1. The van der Waals surface area contributed by atoms with Gasteiger partial charge in [0, 0.05) is 13.6 Å². The van der Waals surface area contributed by atoms with E-state index in [9.17, 15) is 9.59 Å². The molecule has 0 atom stereocenters. The molecule has 1 heterocycles. The SMILES string of the molecule is CN(CCc1ccc2oc(=O)n(C)c2c1)CC(N)=O. The summed E-state index contributed by atoms with van der Waals surface area (Å²) in [5.74, 6) is -0.701. The standard InChI is InChI=1S/C13H17N3O3/c1-15(8-12(14)17)6-5-9-3-4-11-10(7-9)16(2)13(18)19-11/h3-4,7H,5-6,8H2,1-2H3,(H2,14,17). The molecule has 1 aromatic heterocycles. The van der Waals surface area contributed by atoms with Gasteiger partial charge in [-0.05, 0) is 31.2 Å². The Bertz CT molecular complexity index is 657. The van der Waals surface area contributed by atoms with E-state index in [-0.39, 0.29) is 18.2 Å². The van der Waals surface area contributed by atoms with Gasteiger partial charge < -0.3 is 10.2 Å². The zero-order valence-electron chi connectivity index (χ0n) is 11.0. The Labute approximate surface area is 110 Å². The van der Waals surface area contributed by atoms with E-state index < -0.39 is 0 Å². The van der Waals surface area contributed by atoms with Gasteiger partial charge in [0.25, 0.3) is 0 Å². The number of fused-ring (bicyclic) bond motifs is 1. The maximum absolute atomic E-state index is 11.4. The number of benzene rings is 1. The van der Waals surface area contributed by atoms with Crippen molar-refractivity contribution in [3.8, 4) is 0 Å². The summed E-state index contributed by atoms with van der Waals surface area (Å²) in [4.78, 5) is 24.0. The Morgan fingerprint density at radius 1 is 1.47 bits per heavy atom. The first-order chi connectivity index (χ1) is 8.97. The Balaban J connectivity index is 2.11. The molecule has 2 aromatic rings. The van der Waals surface area contributed by atoms with Gasteiger partial charge in [-0.3, -0.25) is 14.3 Å². The number of nitrogens with zero attached hydrogens (tertiary/aromatic N) is 2. The summed E-state index contributed by atoms with van der Waals surface area (Å²) in [7, 11) is 3.52. The van der Waals surface area contributed by atoms with E-state index in [1.54, 1.807) is 13.1 Å². The average molecular weight is 263 g/mol. The molecule has 6 heteroatoms. The summed E-state index contributed by atoms with van der Waals surface area (Å²) < 4.78 is 6.55. The molecule has 0 spiro atoms. The molecular weight excluding hydrogens is 246 g/mol. The maximum Gasteiger partial charge on any atom is 0.419 e. The molecule has 19 heavy (non-hydrogen) atoms. The van der Waals surface area contributed by atoms with Crippen molar-refractivity contribution < 1.29 is 9.21 Å². The normalized spacial score (nSPS) is 11.3. The van der Waals surface area contributed by atoms with Crippen LogP contribution in [0.2, 0.25) is 0 Å². The molecule has 0 saturated heterocycles. The molecule has 2 N–H and O–H groups in total. The molecule has 6 nitrogen and oxygen atoms in total. The zero-order chi connectivity index (χ0) is 14.0. The summed E-state index contributed by atoms with van der Waals surface area (Å²) in [6.45, 7) is 0.965. The molecule has 1 amide bonds. The van der Waals surface area contributed by atoms with Gasteiger partial charge in [0.1, 0.15) is 0 Å². The lowest BCUT2D eigenvalue weighted by molar-refractivity contribution is -0.118. The van der Waals surface area contributed by atoms with E-state index >= 15 is 0 Å². The van der Waals surface area contributed by atoms with Crippen molar-refractivity contribution in [2.75, 3.05) is 20.1 Å². The predicted octanol–water partition coefficient (Wildman–Crippen LogP) is 0.0911. The fourth-order valence-electron chi connectivity index (χ4n) is 1.99. The Morgan fingerprint density at radius 2 is 2.21 bits per heavy atom. The van der Waals surface area contributed by atoms with E-state index in [0.29, 0.717) is 5.58 Å². The number of hydrogen-bond acceptors (Lipinski definition) is 4. The van der Waals surface area contributed by atoms with Crippen molar-refractivity contribution in [3.63, 3.8) is 0 Å². The third kappa shape index (κ3) is 3.03. The van der Waals surface area contributed by atoms with Gasteiger partial charge >= 0.3 is 5.76 Å². The lowest BCUT2D eigenvalue weighted by Crippen LogP contribution is -2.32. The summed E-state index contributed by atoms with van der Waals surface area (Å²) in [6, 6.07) is 5.64. The highest BCUT2D eigenvalue weighted by molar-refractivity contribution is 5.76. The molecule has 1 aromatic carbocycles. The number of aryl methyl sites for hydroxylation is 1. The highest BCUT2D eigenvalue weighted by Gasteiger charge is 2.07. The van der Waals surface area contributed by atoms with Crippen LogP contribution < -0.4 is 11.5 Å². The minimum Gasteiger partial charge on any atom is -0.408 e. The van der Waals surface area contributed by atoms with Crippen molar-refractivity contribution in [2.45, 2.75) is 6.42 Å². The Kier molecular flexibility index (Phi) is 3.71. The zero-order valence-corrected chi connectivity index (χ0v) is 11.0. The molecule has 0 aliphatic heterocycles. The molecule has 2 rings (SSSR count). The molecule has 102 valence electrons. The fourth-order valence-corrected chi connectivity index (χ4v) is 1.99. The molecule has 0 unspecified atom stereocenters. The van der Waals surface area contributed by atoms with Crippen LogP contribution in [0, 0.1) is 0 Å². The molecule has 0 aliphatic carbocycles. The van der Waals surface area contributed by atoms with Crippen molar-refractivity contribution in [1.82, 2.24) is 9.47 Å². The van der Waals surface area contributed by atoms with E-state index in [1.807, 2.05) is 24.1 Å². The highest BCUT2D eigenvalue weighted by atomic mass is 16.4. The van der Waals surface area contributed by atoms with Crippen LogP contribution in [-0.2, 0) is 18.3 Å². The van der Waals surface area contributed by atoms with Crippen LogP contribution >= 0.6 is 0 Å². The van der Waals surface area contributed by atoms with Gasteiger partial charge in [0.05, 0.1) is 12.1 Å². The number of hydrogen-bond donors (Lipinski definition) is 1. The lowest BCUT2D eigenvalue weighted by atomic mass is 10.1. The predicted molar refractivity (Wildman–Crippen MR) is 71.9 cm³/mol. The van der Waals surface area contributed by atoms with Crippen molar-refractivity contribution in [3.05, 3.63) is 34.3 Å². The minimum absolute atomic E-state index is 0.243. The second-order valence-corrected chi connectivity index (χ2v) is 4.68. The highest BCUT2D eigenvalue weighted by Crippen LogP contribution is 2.14. The van der Waals surface area contributed by atoms with Crippen LogP contribution in [0.5, 0.6) is 0 Å². The van der Waals surface area contributed by atoms with Gasteiger partial charge in [-0.1, -0.05) is 6.07 Å². The molecular formula is C13H17N3O3. The van der Waals surface area contributed by atoms with Crippen LogP contribution in [0.25, 0.3) is 11.1 Å². The summed E-state index contributed by atoms with van der Waals surface area (Å²) in [5, 5.41) is 0. The van der Waals surface area contributed by atoms with Crippen LogP contribution in [-0.4, -0.2) is 35.5 Å². The van der Waals surface area contributed by atoms with E-state index in [0.717, 1.165) is 24.0 Å². The van der Waals surface area contributed by atoms with Crippen LogP contribution in [0.1, 0.15) is 5.56 Å². The summed E-state index contributed by atoms with van der Waals surface area (Å²) in [6.07, 6.45) is 0.777. The molecule has 0 bridgehead atoms. The summed E-state index contributed by atoms with van der Waals surface area (Å²) in [5.41, 5.74) is 7.57. The Morgan fingerprint density at radius 3 is 2.89 bits per heavy atom.